The Morgan fingerprint density at radius 1 is 1.40 bits per heavy atom. The normalized spacial score (nSPS) is 32.3. The molecular formula is C16H28N4. The van der Waals surface area contributed by atoms with E-state index in [1.807, 2.05) is 4.68 Å². The molecule has 1 saturated heterocycles. The van der Waals surface area contributed by atoms with Crippen molar-refractivity contribution in [3.05, 3.63) is 17.5 Å². The van der Waals surface area contributed by atoms with Crippen LogP contribution in [-0.2, 0) is 13.6 Å². The van der Waals surface area contributed by atoms with E-state index < -0.39 is 0 Å². The van der Waals surface area contributed by atoms with Crippen LogP contribution >= 0.6 is 0 Å². The van der Waals surface area contributed by atoms with E-state index >= 15 is 0 Å². The van der Waals surface area contributed by atoms with Gasteiger partial charge >= 0.3 is 0 Å². The third-order valence-corrected chi connectivity index (χ3v) is 5.19. The predicted octanol–water partition coefficient (Wildman–Crippen LogP) is 2.08. The van der Waals surface area contributed by atoms with Crippen LogP contribution in [0.15, 0.2) is 6.07 Å². The van der Waals surface area contributed by atoms with Gasteiger partial charge in [0.1, 0.15) is 0 Å². The van der Waals surface area contributed by atoms with Crippen molar-refractivity contribution in [3.8, 4) is 0 Å². The molecule has 20 heavy (non-hydrogen) atoms. The van der Waals surface area contributed by atoms with Crippen LogP contribution in [0.4, 0.5) is 0 Å². The molecule has 1 aromatic heterocycles. The Kier molecular flexibility index (Phi) is 3.63. The Morgan fingerprint density at radius 3 is 2.75 bits per heavy atom. The van der Waals surface area contributed by atoms with Gasteiger partial charge in [0.2, 0.25) is 0 Å². The molecule has 2 atom stereocenters. The molecule has 1 N–H and O–H groups in total. The first kappa shape index (κ1) is 14.1. The second kappa shape index (κ2) is 5.15. The van der Waals surface area contributed by atoms with Crippen LogP contribution in [0.25, 0.3) is 0 Å². The van der Waals surface area contributed by atoms with Crippen LogP contribution in [0.1, 0.15) is 44.5 Å². The lowest BCUT2D eigenvalue weighted by molar-refractivity contribution is 0.151. The Hall–Kier alpha value is -0.870. The molecule has 2 fully saturated rings. The highest BCUT2D eigenvalue weighted by molar-refractivity contribution is 5.10. The number of nitrogens with one attached hydrogen (secondary N) is 1. The molecule has 0 spiro atoms. The molecule has 2 unspecified atom stereocenters. The summed E-state index contributed by atoms with van der Waals surface area (Å²) in [6.07, 6.45) is 4.03. The van der Waals surface area contributed by atoms with Crippen LogP contribution < -0.4 is 5.32 Å². The number of hydrogen-bond donors (Lipinski definition) is 1. The molecule has 1 aromatic rings. The monoisotopic (exact) mass is 276 g/mol. The van der Waals surface area contributed by atoms with E-state index in [4.69, 9.17) is 0 Å². The molecule has 4 nitrogen and oxygen atoms in total. The van der Waals surface area contributed by atoms with E-state index in [0.717, 1.165) is 31.2 Å². The van der Waals surface area contributed by atoms with Gasteiger partial charge < -0.3 is 5.32 Å². The minimum Gasteiger partial charge on any atom is -0.310 e. The van der Waals surface area contributed by atoms with Gasteiger partial charge in [-0.2, -0.15) is 5.10 Å². The molecule has 1 aliphatic carbocycles. The first-order valence-electron chi connectivity index (χ1n) is 7.96. The van der Waals surface area contributed by atoms with Gasteiger partial charge in [0.25, 0.3) is 0 Å². The fourth-order valence-electron chi connectivity index (χ4n) is 3.61. The van der Waals surface area contributed by atoms with Crippen molar-refractivity contribution in [1.29, 1.82) is 0 Å². The van der Waals surface area contributed by atoms with Crippen molar-refractivity contribution < 1.29 is 0 Å². The van der Waals surface area contributed by atoms with Crippen LogP contribution in [-0.4, -0.2) is 39.4 Å². The SMILES string of the molecule is Cc1cc(CN2CC(C)(C3CC3)NCCC2C)n(C)n1. The third kappa shape index (κ3) is 2.77. The summed E-state index contributed by atoms with van der Waals surface area (Å²) in [4.78, 5) is 2.65. The molecule has 112 valence electrons. The number of nitrogens with zero attached hydrogens (tertiary/aromatic N) is 3. The molecule has 0 radical (unpaired) electrons. The maximum atomic E-state index is 4.48. The van der Waals surface area contributed by atoms with Crippen LogP contribution in [0, 0.1) is 12.8 Å². The average molecular weight is 276 g/mol. The minimum atomic E-state index is 0.304. The van der Waals surface area contributed by atoms with Gasteiger partial charge in [-0.05, 0) is 58.6 Å². The van der Waals surface area contributed by atoms with Crippen molar-refractivity contribution in [2.24, 2.45) is 13.0 Å². The summed E-state index contributed by atoms with van der Waals surface area (Å²) >= 11 is 0. The van der Waals surface area contributed by atoms with Crippen LogP contribution in [0.2, 0.25) is 0 Å². The summed E-state index contributed by atoms with van der Waals surface area (Å²) in [5.74, 6) is 0.878. The summed E-state index contributed by atoms with van der Waals surface area (Å²) in [6, 6.07) is 2.86. The zero-order valence-corrected chi connectivity index (χ0v) is 13.3. The van der Waals surface area contributed by atoms with Crippen molar-refractivity contribution >= 4 is 0 Å². The van der Waals surface area contributed by atoms with Gasteiger partial charge in [0.15, 0.2) is 0 Å². The maximum absolute atomic E-state index is 4.48. The van der Waals surface area contributed by atoms with Gasteiger partial charge in [-0.3, -0.25) is 9.58 Å². The third-order valence-electron chi connectivity index (χ3n) is 5.19. The molecule has 3 rings (SSSR count). The van der Waals surface area contributed by atoms with E-state index in [2.05, 4.69) is 49.2 Å². The molecular weight excluding hydrogens is 248 g/mol. The lowest BCUT2D eigenvalue weighted by Gasteiger charge is -2.35. The second-order valence-electron chi connectivity index (χ2n) is 7.06. The molecule has 0 bridgehead atoms. The fourth-order valence-corrected chi connectivity index (χ4v) is 3.61. The summed E-state index contributed by atoms with van der Waals surface area (Å²) in [5.41, 5.74) is 2.75. The second-order valence-corrected chi connectivity index (χ2v) is 7.06. The van der Waals surface area contributed by atoms with Crippen molar-refractivity contribution in [3.63, 3.8) is 0 Å². The summed E-state index contributed by atoms with van der Waals surface area (Å²) < 4.78 is 2.04. The quantitative estimate of drug-likeness (QED) is 0.917. The van der Waals surface area contributed by atoms with Gasteiger partial charge in [0.05, 0.1) is 11.4 Å². The van der Waals surface area contributed by atoms with Crippen LogP contribution in [0.3, 0.4) is 0 Å². The molecule has 1 saturated carbocycles. The molecule has 2 aliphatic rings. The Labute approximate surface area is 122 Å². The first-order valence-corrected chi connectivity index (χ1v) is 7.96. The highest BCUT2D eigenvalue weighted by Gasteiger charge is 2.43. The lowest BCUT2D eigenvalue weighted by Crippen LogP contribution is -2.51. The van der Waals surface area contributed by atoms with E-state index in [-0.39, 0.29) is 0 Å². The van der Waals surface area contributed by atoms with E-state index in [0.29, 0.717) is 11.6 Å². The molecule has 2 heterocycles. The van der Waals surface area contributed by atoms with Gasteiger partial charge in [-0.25, -0.2) is 0 Å². The average Bonchev–Trinajstić information content (AvgIpc) is 3.16. The zero-order valence-electron chi connectivity index (χ0n) is 13.3. The van der Waals surface area contributed by atoms with Gasteiger partial charge in [-0.15, -0.1) is 0 Å². The smallest absolute Gasteiger partial charge is 0.0597 e. The van der Waals surface area contributed by atoms with E-state index in [9.17, 15) is 0 Å². The first-order chi connectivity index (χ1) is 9.48. The maximum Gasteiger partial charge on any atom is 0.0597 e. The standard InChI is InChI=1S/C16H28N4/c1-12-9-15(19(4)18-12)10-20-11-16(3,14-5-6-14)17-8-7-13(20)2/h9,13-14,17H,5-8,10-11H2,1-4H3. The summed E-state index contributed by atoms with van der Waals surface area (Å²) in [5, 5.41) is 8.31. The Morgan fingerprint density at radius 2 is 2.15 bits per heavy atom. The predicted molar refractivity (Wildman–Crippen MR) is 81.6 cm³/mol. The van der Waals surface area contributed by atoms with Gasteiger partial charge in [0, 0.05) is 31.7 Å². The van der Waals surface area contributed by atoms with Crippen LogP contribution in [0.5, 0.6) is 0 Å². The Bertz CT molecular complexity index is 477. The number of hydrogen-bond acceptors (Lipinski definition) is 3. The molecule has 0 amide bonds. The van der Waals surface area contributed by atoms with E-state index in [1.54, 1.807) is 0 Å². The molecule has 4 heteroatoms. The van der Waals surface area contributed by atoms with Crippen molar-refractivity contribution in [2.45, 2.75) is 58.2 Å². The van der Waals surface area contributed by atoms with Crippen molar-refractivity contribution in [1.82, 2.24) is 20.0 Å². The summed E-state index contributed by atoms with van der Waals surface area (Å²) in [6.45, 7) is 10.2. The van der Waals surface area contributed by atoms with Crippen molar-refractivity contribution in [2.75, 3.05) is 13.1 Å². The van der Waals surface area contributed by atoms with Gasteiger partial charge in [-0.1, -0.05) is 0 Å². The highest BCUT2D eigenvalue weighted by atomic mass is 15.3. The molecule has 1 aliphatic heterocycles. The highest BCUT2D eigenvalue weighted by Crippen LogP contribution is 2.41. The summed E-state index contributed by atoms with van der Waals surface area (Å²) in [7, 11) is 2.06. The number of aryl methyl sites for hydroxylation is 2. The topological polar surface area (TPSA) is 33.1 Å². The zero-order chi connectivity index (χ0) is 14.3. The Balaban J connectivity index is 1.76. The van der Waals surface area contributed by atoms with E-state index in [1.165, 1.54) is 25.0 Å². The number of rotatable bonds is 3. The fraction of sp³-hybridized carbons (Fsp3) is 0.812. The lowest BCUT2D eigenvalue weighted by atomic mass is 9.95. The largest absolute Gasteiger partial charge is 0.310 e. The minimum absolute atomic E-state index is 0.304. The molecule has 0 aromatic carbocycles. The number of aromatic nitrogens is 2.